The minimum Gasteiger partial charge on any atom is -0.272 e. The van der Waals surface area contributed by atoms with Gasteiger partial charge in [0.15, 0.2) is 0 Å². The van der Waals surface area contributed by atoms with Gasteiger partial charge in [0, 0.05) is 21.1 Å². The van der Waals surface area contributed by atoms with Gasteiger partial charge >= 0.3 is 0 Å². The minimum atomic E-state index is -3.98. The molecule has 3 rings (SSSR count). The van der Waals surface area contributed by atoms with Crippen molar-refractivity contribution < 1.29 is 13.2 Å². The molecule has 3 aromatic rings. The molecule has 166 valence electrons. The number of sulfonamides is 1. The van der Waals surface area contributed by atoms with E-state index in [2.05, 4.69) is 26.5 Å². The van der Waals surface area contributed by atoms with Crippen molar-refractivity contribution in [2.75, 3.05) is 6.54 Å². The molecule has 0 fully saturated rings. The number of rotatable bonds is 8. The third-order valence-corrected chi connectivity index (χ3v) is 7.26. The summed E-state index contributed by atoms with van der Waals surface area (Å²) in [6, 6.07) is 19.9. The highest BCUT2D eigenvalue weighted by atomic mass is 79.9. The van der Waals surface area contributed by atoms with Gasteiger partial charge in [-0.15, -0.1) is 0 Å². The lowest BCUT2D eigenvalue weighted by Crippen LogP contribution is -2.39. The van der Waals surface area contributed by atoms with Crippen molar-refractivity contribution in [1.29, 1.82) is 0 Å². The van der Waals surface area contributed by atoms with Gasteiger partial charge < -0.3 is 0 Å². The number of carbonyl (C=O) groups is 1. The molecule has 1 amide bonds. The van der Waals surface area contributed by atoms with E-state index in [1.807, 2.05) is 24.3 Å². The second-order valence-electron chi connectivity index (χ2n) is 6.67. The average molecular weight is 555 g/mol. The van der Waals surface area contributed by atoms with Crippen LogP contribution < -0.4 is 5.43 Å². The van der Waals surface area contributed by atoms with Gasteiger partial charge in [-0.25, -0.2) is 13.8 Å². The minimum absolute atomic E-state index is 0.0660. The van der Waals surface area contributed by atoms with Crippen LogP contribution in [0.3, 0.4) is 0 Å². The molecule has 0 radical (unpaired) electrons. The van der Waals surface area contributed by atoms with Gasteiger partial charge in [-0.3, -0.25) is 4.79 Å². The lowest BCUT2D eigenvalue weighted by Gasteiger charge is -2.22. The summed E-state index contributed by atoms with van der Waals surface area (Å²) in [6.07, 6.45) is 1.47. The van der Waals surface area contributed by atoms with Crippen molar-refractivity contribution in [3.8, 4) is 0 Å². The molecule has 0 saturated carbocycles. The van der Waals surface area contributed by atoms with Crippen LogP contribution in [0.5, 0.6) is 0 Å². The fourth-order valence-corrected chi connectivity index (χ4v) is 4.86. The molecule has 0 bridgehead atoms. The first-order valence-electron chi connectivity index (χ1n) is 9.32. The zero-order chi connectivity index (χ0) is 23.1. The average Bonchev–Trinajstić information content (AvgIpc) is 2.77. The highest BCUT2D eigenvalue weighted by Gasteiger charge is 2.27. The highest BCUT2D eigenvalue weighted by molar-refractivity contribution is 9.10. The van der Waals surface area contributed by atoms with Crippen molar-refractivity contribution in [3.63, 3.8) is 0 Å². The van der Waals surface area contributed by atoms with Crippen LogP contribution in [0.15, 0.2) is 87.3 Å². The van der Waals surface area contributed by atoms with Crippen LogP contribution in [-0.4, -0.2) is 31.4 Å². The van der Waals surface area contributed by atoms with E-state index in [1.165, 1.54) is 24.4 Å². The normalized spacial score (nSPS) is 11.8. The fraction of sp³-hybridized carbons (Fsp3) is 0.0909. The number of hydrazone groups is 1. The Kier molecular flexibility index (Phi) is 8.44. The number of hydrogen-bond acceptors (Lipinski definition) is 4. The molecule has 0 saturated heterocycles. The quantitative estimate of drug-likeness (QED) is 0.311. The number of halogens is 3. The summed E-state index contributed by atoms with van der Waals surface area (Å²) in [5, 5.41) is 4.64. The molecule has 0 aliphatic heterocycles. The second kappa shape index (κ2) is 11.1. The van der Waals surface area contributed by atoms with Crippen LogP contribution in [0.4, 0.5) is 0 Å². The van der Waals surface area contributed by atoms with Crippen molar-refractivity contribution in [1.82, 2.24) is 9.73 Å². The number of amides is 1. The largest absolute Gasteiger partial charge is 0.272 e. The lowest BCUT2D eigenvalue weighted by molar-refractivity contribution is -0.121. The molecule has 0 heterocycles. The van der Waals surface area contributed by atoms with E-state index in [9.17, 15) is 13.2 Å². The van der Waals surface area contributed by atoms with Gasteiger partial charge in [-0.2, -0.15) is 9.41 Å². The molecule has 1 N–H and O–H groups in total. The first-order valence-corrected chi connectivity index (χ1v) is 12.3. The molecular weight excluding hydrogens is 537 g/mol. The van der Waals surface area contributed by atoms with E-state index >= 15 is 0 Å². The maximum atomic E-state index is 13.2. The third kappa shape index (κ3) is 6.63. The third-order valence-electron chi connectivity index (χ3n) is 4.34. The SMILES string of the molecule is O=C(CN(Cc1ccc(Cl)cc1Cl)S(=O)(=O)c1ccccc1)N/N=C\c1ccc(Br)cc1. The zero-order valence-corrected chi connectivity index (χ0v) is 20.5. The summed E-state index contributed by atoms with van der Waals surface area (Å²) in [5.41, 5.74) is 3.66. The Morgan fingerprint density at radius 3 is 2.38 bits per heavy atom. The summed E-state index contributed by atoms with van der Waals surface area (Å²) < 4.78 is 28.4. The van der Waals surface area contributed by atoms with Gasteiger partial charge in [-0.05, 0) is 47.5 Å². The molecule has 0 aliphatic carbocycles. The Morgan fingerprint density at radius 2 is 1.72 bits per heavy atom. The number of benzene rings is 3. The Bertz CT molecular complexity index is 1220. The van der Waals surface area contributed by atoms with Crippen molar-refractivity contribution >= 4 is 61.3 Å². The predicted molar refractivity (Wildman–Crippen MR) is 130 cm³/mol. The van der Waals surface area contributed by atoms with Gasteiger partial charge in [0.25, 0.3) is 5.91 Å². The van der Waals surface area contributed by atoms with E-state index in [-0.39, 0.29) is 11.4 Å². The highest BCUT2D eigenvalue weighted by Crippen LogP contribution is 2.25. The van der Waals surface area contributed by atoms with Crippen LogP contribution in [0.1, 0.15) is 11.1 Å². The molecule has 3 aromatic carbocycles. The molecule has 0 aliphatic rings. The van der Waals surface area contributed by atoms with Gasteiger partial charge in [-0.1, -0.05) is 75.5 Å². The molecule has 0 unspecified atom stereocenters. The standard InChI is InChI=1S/C22H18BrCl2N3O3S/c23-18-9-6-16(7-10-18)13-26-27-22(29)15-28(14-17-8-11-19(24)12-21(17)25)32(30,31)20-4-2-1-3-5-20/h1-13H,14-15H2,(H,27,29)/b26-13-. The molecular formula is C22H18BrCl2N3O3S. The molecule has 0 spiro atoms. The van der Waals surface area contributed by atoms with Crippen LogP contribution >= 0.6 is 39.1 Å². The zero-order valence-electron chi connectivity index (χ0n) is 16.6. The Balaban J connectivity index is 1.80. The summed E-state index contributed by atoms with van der Waals surface area (Å²) in [4.78, 5) is 12.6. The van der Waals surface area contributed by atoms with Gasteiger partial charge in [0.05, 0.1) is 17.7 Å². The molecule has 10 heteroatoms. The van der Waals surface area contributed by atoms with Crippen molar-refractivity contribution in [3.05, 3.63) is 98.4 Å². The van der Waals surface area contributed by atoms with Crippen LogP contribution in [0, 0.1) is 0 Å². The van der Waals surface area contributed by atoms with Gasteiger partial charge in [0.1, 0.15) is 0 Å². The van der Waals surface area contributed by atoms with Crippen LogP contribution in [-0.2, 0) is 21.4 Å². The van der Waals surface area contributed by atoms with Gasteiger partial charge in [0.2, 0.25) is 10.0 Å². The Morgan fingerprint density at radius 1 is 1.03 bits per heavy atom. The van der Waals surface area contributed by atoms with E-state index < -0.39 is 22.5 Å². The number of carbonyl (C=O) groups excluding carboxylic acids is 1. The summed E-state index contributed by atoms with van der Waals surface area (Å²) in [7, 11) is -3.98. The topological polar surface area (TPSA) is 78.8 Å². The van der Waals surface area contributed by atoms with Crippen LogP contribution in [0.25, 0.3) is 0 Å². The Hall–Kier alpha value is -2.23. The lowest BCUT2D eigenvalue weighted by atomic mass is 10.2. The summed E-state index contributed by atoms with van der Waals surface area (Å²) >= 11 is 15.5. The van der Waals surface area contributed by atoms with Crippen LogP contribution in [0.2, 0.25) is 10.0 Å². The van der Waals surface area contributed by atoms with E-state index in [0.717, 1.165) is 14.3 Å². The monoisotopic (exact) mass is 553 g/mol. The number of nitrogens with one attached hydrogen (secondary N) is 1. The summed E-state index contributed by atoms with van der Waals surface area (Å²) in [6.45, 7) is -0.565. The predicted octanol–water partition coefficient (Wildman–Crippen LogP) is 5.10. The molecule has 0 atom stereocenters. The van der Waals surface area contributed by atoms with E-state index in [0.29, 0.717) is 15.6 Å². The Labute approximate surface area is 205 Å². The van der Waals surface area contributed by atoms with Crippen molar-refractivity contribution in [2.45, 2.75) is 11.4 Å². The first-order chi connectivity index (χ1) is 15.3. The summed E-state index contributed by atoms with van der Waals surface area (Å²) in [5.74, 6) is -0.594. The van der Waals surface area contributed by atoms with Crippen molar-refractivity contribution in [2.24, 2.45) is 5.10 Å². The molecule has 0 aromatic heterocycles. The maximum Gasteiger partial charge on any atom is 0.255 e. The first kappa shape index (κ1) is 24.4. The second-order valence-corrected chi connectivity index (χ2v) is 10.4. The smallest absolute Gasteiger partial charge is 0.255 e. The fourth-order valence-electron chi connectivity index (χ4n) is 2.73. The molecule has 32 heavy (non-hydrogen) atoms. The van der Waals surface area contributed by atoms with E-state index in [4.69, 9.17) is 23.2 Å². The number of nitrogens with zero attached hydrogens (tertiary/aromatic N) is 2. The number of hydrogen-bond donors (Lipinski definition) is 1. The molecule has 6 nitrogen and oxygen atoms in total. The van der Waals surface area contributed by atoms with E-state index in [1.54, 1.807) is 30.3 Å². The maximum absolute atomic E-state index is 13.2.